The van der Waals surface area contributed by atoms with Gasteiger partial charge >= 0.3 is 0 Å². The van der Waals surface area contributed by atoms with Gasteiger partial charge in [-0.05, 0) is 72.8 Å². The van der Waals surface area contributed by atoms with E-state index in [9.17, 15) is 27.0 Å². The minimum atomic E-state index is -3.87. The lowest BCUT2D eigenvalue weighted by Crippen LogP contribution is -2.14. The molecule has 11 heteroatoms. The maximum absolute atomic E-state index is 13.0. The molecule has 0 radical (unpaired) electrons. The molecular weight excluding hydrogens is 544 g/mol. The molecule has 0 aliphatic heterocycles. The Bertz CT molecular complexity index is 1490. The first-order chi connectivity index (χ1) is 18.7. The molecule has 0 aliphatic rings. The molecule has 0 aliphatic carbocycles. The monoisotopic (exact) mass is 570 g/mol. The van der Waals surface area contributed by atoms with Gasteiger partial charge < -0.3 is 24.4 Å². The van der Waals surface area contributed by atoms with Crippen molar-refractivity contribution in [1.82, 2.24) is 0 Å². The van der Waals surface area contributed by atoms with Crippen molar-refractivity contribution in [2.75, 3.05) is 26.4 Å². The summed E-state index contributed by atoms with van der Waals surface area (Å²) >= 11 is 0. The molecule has 204 valence electrons. The van der Waals surface area contributed by atoms with E-state index >= 15 is 0 Å². The predicted octanol–water partition coefficient (Wildman–Crippen LogP) is 4.24. The van der Waals surface area contributed by atoms with Crippen LogP contribution in [0.4, 0.5) is 0 Å². The molecule has 4 rings (SSSR count). The highest BCUT2D eigenvalue weighted by Gasteiger charge is 2.23. The number of hydrogen-bond donors (Lipinski definition) is 2. The summed E-state index contributed by atoms with van der Waals surface area (Å²) in [7, 11) is -7.73. The van der Waals surface area contributed by atoms with Crippen LogP contribution in [-0.2, 0) is 24.4 Å². The minimum absolute atomic E-state index is 0.00883. The van der Waals surface area contributed by atoms with Gasteiger partial charge in [0.1, 0.15) is 46.0 Å². The molecule has 0 saturated carbocycles. The number of ether oxygens (including phenoxy) is 3. The molecule has 0 heterocycles. The highest BCUT2D eigenvalue weighted by Crippen LogP contribution is 2.31. The fourth-order valence-corrected chi connectivity index (χ4v) is 6.41. The lowest BCUT2D eigenvalue weighted by Gasteiger charge is -2.13. The van der Waals surface area contributed by atoms with Crippen molar-refractivity contribution < 1.29 is 41.3 Å². The Labute approximate surface area is 226 Å². The number of para-hydroxylation sites is 2. The molecule has 0 saturated heterocycles. The van der Waals surface area contributed by atoms with Crippen LogP contribution in [0.25, 0.3) is 0 Å². The van der Waals surface area contributed by atoms with Crippen molar-refractivity contribution in [1.29, 1.82) is 0 Å². The van der Waals surface area contributed by atoms with Crippen LogP contribution in [0, 0.1) is 0 Å². The van der Waals surface area contributed by atoms with Gasteiger partial charge in [0.15, 0.2) is 0 Å². The smallest absolute Gasteiger partial charge is 0.210 e. The van der Waals surface area contributed by atoms with Gasteiger partial charge in [-0.3, -0.25) is 0 Å². The van der Waals surface area contributed by atoms with Crippen molar-refractivity contribution in [3.8, 4) is 23.0 Å². The Hall–Kier alpha value is -4.06. The largest absolute Gasteiger partial charge is 0.508 e. The van der Waals surface area contributed by atoms with Crippen molar-refractivity contribution in [2.45, 2.75) is 19.6 Å². The summed E-state index contributed by atoms with van der Waals surface area (Å²) in [5, 5.41) is 18.9. The number of hydrogen-bond acceptors (Lipinski definition) is 9. The molecule has 2 N–H and O–H groups in total. The van der Waals surface area contributed by atoms with Crippen molar-refractivity contribution in [3.05, 3.63) is 97.1 Å². The number of aromatic hydroxyl groups is 2. The third-order valence-electron chi connectivity index (χ3n) is 5.54. The SMILES string of the molecule is O=S(=O)(c1ccc(O)cc1)c1ccccc1OCCOCCOc1ccccc1S(=O)(=O)c1ccc(O)cc1. The van der Waals surface area contributed by atoms with Crippen molar-refractivity contribution >= 4 is 19.7 Å². The zero-order chi connectivity index (χ0) is 27.9. The third-order valence-corrected chi connectivity index (χ3v) is 9.16. The molecule has 4 aromatic rings. The summed E-state index contributed by atoms with van der Waals surface area (Å²) in [5.41, 5.74) is 0. The van der Waals surface area contributed by atoms with E-state index < -0.39 is 19.7 Å². The second kappa shape index (κ2) is 12.2. The van der Waals surface area contributed by atoms with Gasteiger partial charge in [0.25, 0.3) is 0 Å². The first-order valence-corrected chi connectivity index (χ1v) is 14.8. The summed E-state index contributed by atoms with van der Waals surface area (Å²) < 4.78 is 68.9. The average molecular weight is 571 g/mol. The lowest BCUT2D eigenvalue weighted by atomic mass is 10.3. The van der Waals surface area contributed by atoms with E-state index in [4.69, 9.17) is 14.2 Å². The van der Waals surface area contributed by atoms with Gasteiger partial charge in [-0.2, -0.15) is 0 Å². The first kappa shape index (κ1) is 28.0. The van der Waals surface area contributed by atoms with E-state index in [0.29, 0.717) is 0 Å². The van der Waals surface area contributed by atoms with Gasteiger partial charge in [-0.25, -0.2) is 16.8 Å². The Morgan fingerprint density at radius 1 is 0.487 bits per heavy atom. The van der Waals surface area contributed by atoms with Crippen LogP contribution in [0.2, 0.25) is 0 Å². The van der Waals surface area contributed by atoms with Crippen molar-refractivity contribution in [3.63, 3.8) is 0 Å². The van der Waals surface area contributed by atoms with Crippen LogP contribution < -0.4 is 9.47 Å². The molecule has 0 aromatic heterocycles. The first-order valence-electron chi connectivity index (χ1n) is 11.8. The van der Waals surface area contributed by atoms with E-state index in [0.717, 1.165) is 0 Å². The number of sulfone groups is 2. The van der Waals surface area contributed by atoms with E-state index in [2.05, 4.69) is 0 Å². The quantitative estimate of drug-likeness (QED) is 0.240. The van der Waals surface area contributed by atoms with Crippen LogP contribution in [0.15, 0.2) is 117 Å². The minimum Gasteiger partial charge on any atom is -0.508 e. The maximum atomic E-state index is 13.0. The van der Waals surface area contributed by atoms with Crippen LogP contribution >= 0.6 is 0 Å². The number of benzene rings is 4. The zero-order valence-electron chi connectivity index (χ0n) is 20.6. The second-order valence-electron chi connectivity index (χ2n) is 8.20. The molecule has 0 amide bonds. The molecule has 0 fully saturated rings. The van der Waals surface area contributed by atoms with E-state index in [1.807, 2.05) is 0 Å². The Kier molecular flexibility index (Phi) is 8.75. The van der Waals surface area contributed by atoms with Gasteiger partial charge in [0, 0.05) is 0 Å². The van der Waals surface area contributed by atoms with Crippen LogP contribution in [0.3, 0.4) is 0 Å². The summed E-state index contributed by atoms with van der Waals surface area (Å²) in [4.78, 5) is 0.0332. The van der Waals surface area contributed by atoms with Gasteiger partial charge in [0.2, 0.25) is 19.7 Å². The molecule has 39 heavy (non-hydrogen) atoms. The fraction of sp³-hybridized carbons (Fsp3) is 0.143. The highest BCUT2D eigenvalue weighted by atomic mass is 32.2. The van der Waals surface area contributed by atoms with Gasteiger partial charge in [-0.1, -0.05) is 24.3 Å². The highest BCUT2D eigenvalue weighted by molar-refractivity contribution is 7.92. The molecule has 4 aromatic carbocycles. The molecule has 0 bridgehead atoms. The van der Waals surface area contributed by atoms with Crippen LogP contribution in [0.5, 0.6) is 23.0 Å². The van der Waals surface area contributed by atoms with E-state index in [1.165, 1.54) is 60.7 Å². The number of phenolic OH excluding ortho intramolecular Hbond substituents is 2. The predicted molar refractivity (Wildman–Crippen MR) is 142 cm³/mol. The number of rotatable bonds is 12. The van der Waals surface area contributed by atoms with Crippen LogP contribution in [-0.4, -0.2) is 53.5 Å². The van der Waals surface area contributed by atoms with E-state index in [1.54, 1.807) is 36.4 Å². The van der Waals surface area contributed by atoms with Gasteiger partial charge in [-0.15, -0.1) is 0 Å². The number of phenols is 2. The molecule has 0 unspecified atom stereocenters. The molecule has 9 nitrogen and oxygen atoms in total. The Morgan fingerprint density at radius 3 is 1.23 bits per heavy atom. The Morgan fingerprint density at radius 2 is 0.846 bits per heavy atom. The summed E-state index contributed by atoms with van der Waals surface area (Å²) in [6.07, 6.45) is 0. The molecule has 0 spiro atoms. The summed E-state index contributed by atoms with van der Waals surface area (Å²) in [6, 6.07) is 22.9. The summed E-state index contributed by atoms with van der Waals surface area (Å²) in [6.45, 7) is 0.386. The van der Waals surface area contributed by atoms with Crippen molar-refractivity contribution in [2.24, 2.45) is 0 Å². The average Bonchev–Trinajstić information content (AvgIpc) is 2.93. The Balaban J connectivity index is 1.30. The molecular formula is C28H26O9S2. The molecule has 0 atom stereocenters. The van der Waals surface area contributed by atoms with E-state index in [-0.39, 0.29) is 69.0 Å². The van der Waals surface area contributed by atoms with Gasteiger partial charge in [0.05, 0.1) is 23.0 Å². The van der Waals surface area contributed by atoms with Crippen LogP contribution in [0.1, 0.15) is 0 Å². The topological polar surface area (TPSA) is 136 Å². The third kappa shape index (κ3) is 6.69. The second-order valence-corrected chi connectivity index (χ2v) is 12.0. The standard InChI is InChI=1S/C28H26O9S2/c29-21-9-13-23(14-10-21)38(31,32)27-7-3-1-5-25(27)36-19-17-35-18-20-37-26-6-2-4-8-28(26)39(33,34)24-15-11-22(30)12-16-24/h1-16,29-30H,17-20H2. The maximum Gasteiger partial charge on any atom is 0.210 e. The normalized spacial score (nSPS) is 11.7. The zero-order valence-corrected chi connectivity index (χ0v) is 22.3. The summed E-state index contributed by atoms with van der Waals surface area (Å²) in [5.74, 6) is 0.252. The fourth-order valence-electron chi connectivity index (χ4n) is 3.61. The lowest BCUT2D eigenvalue weighted by molar-refractivity contribution is 0.0750.